The van der Waals surface area contributed by atoms with E-state index in [-0.39, 0.29) is 18.8 Å². The van der Waals surface area contributed by atoms with Crippen molar-refractivity contribution in [1.29, 1.82) is 0 Å². The number of hydrogen-bond donors (Lipinski definition) is 2. The molecular weight excluding hydrogens is 256 g/mol. The fraction of sp³-hybridized carbons (Fsp3) is 0.714. The topological polar surface area (TPSA) is 84.5 Å². The molecule has 20 heavy (non-hydrogen) atoms. The summed E-state index contributed by atoms with van der Waals surface area (Å²) in [7, 11) is 0. The molecule has 1 aromatic heterocycles. The second-order valence-electron chi connectivity index (χ2n) is 5.77. The second kappa shape index (κ2) is 5.93. The van der Waals surface area contributed by atoms with Gasteiger partial charge in [0.05, 0.1) is 0 Å². The fourth-order valence-electron chi connectivity index (χ4n) is 2.81. The number of nitrogens with zero attached hydrogens (tertiary/aromatic N) is 3. The number of aromatic nitrogens is 2. The molecule has 2 fully saturated rings. The third-order valence-electron chi connectivity index (χ3n) is 4.23. The molecule has 6 heteroatoms. The lowest BCUT2D eigenvalue weighted by atomic mass is 9.90. The first-order valence-electron chi connectivity index (χ1n) is 7.35. The van der Waals surface area contributed by atoms with Crippen LogP contribution in [0.2, 0.25) is 0 Å². The fourth-order valence-corrected chi connectivity index (χ4v) is 2.81. The van der Waals surface area contributed by atoms with Gasteiger partial charge in [-0.2, -0.15) is 0 Å². The van der Waals surface area contributed by atoms with Crippen molar-refractivity contribution in [2.24, 2.45) is 11.7 Å². The molecule has 0 spiro atoms. The summed E-state index contributed by atoms with van der Waals surface area (Å²) < 4.78 is 5.91. The molecule has 6 nitrogen and oxygen atoms in total. The van der Waals surface area contributed by atoms with Crippen LogP contribution in [0.1, 0.15) is 25.7 Å². The van der Waals surface area contributed by atoms with Crippen LogP contribution in [-0.2, 0) is 0 Å². The highest BCUT2D eigenvalue weighted by molar-refractivity contribution is 5.48. The summed E-state index contributed by atoms with van der Waals surface area (Å²) in [6, 6.07) is 0.264. The van der Waals surface area contributed by atoms with Gasteiger partial charge < -0.3 is 20.5 Å². The molecular formula is C14H22N4O2. The van der Waals surface area contributed by atoms with E-state index in [1.54, 1.807) is 12.4 Å². The largest absolute Gasteiger partial charge is 0.472 e. The number of aliphatic hydroxyl groups is 1. The van der Waals surface area contributed by atoms with E-state index in [2.05, 4.69) is 14.9 Å². The normalized spacial score (nSPS) is 27.2. The van der Waals surface area contributed by atoms with Crippen molar-refractivity contribution in [3.05, 3.63) is 12.4 Å². The van der Waals surface area contributed by atoms with Crippen molar-refractivity contribution in [1.82, 2.24) is 9.97 Å². The molecule has 0 atom stereocenters. The molecule has 3 rings (SSSR count). The quantitative estimate of drug-likeness (QED) is 0.837. The molecule has 0 aromatic carbocycles. The van der Waals surface area contributed by atoms with Gasteiger partial charge in [-0.25, -0.2) is 9.97 Å². The van der Waals surface area contributed by atoms with Crippen LogP contribution >= 0.6 is 0 Å². The molecule has 0 amide bonds. The van der Waals surface area contributed by atoms with Crippen molar-refractivity contribution in [2.75, 3.05) is 24.6 Å². The Morgan fingerprint density at radius 3 is 2.60 bits per heavy atom. The van der Waals surface area contributed by atoms with Gasteiger partial charge in [0, 0.05) is 38.1 Å². The van der Waals surface area contributed by atoms with Crippen molar-refractivity contribution < 1.29 is 9.84 Å². The highest BCUT2D eigenvalue weighted by Crippen LogP contribution is 2.31. The molecule has 0 unspecified atom stereocenters. The Balaban J connectivity index is 1.66. The molecule has 2 heterocycles. The predicted octanol–water partition coefficient (Wildman–Crippen LogP) is 0.554. The minimum atomic E-state index is 0.176. The molecule has 1 saturated carbocycles. The number of ether oxygens (including phenoxy) is 1. The van der Waals surface area contributed by atoms with Gasteiger partial charge in [-0.15, -0.1) is 0 Å². The Hall–Kier alpha value is -1.40. The van der Waals surface area contributed by atoms with Crippen LogP contribution in [0, 0.1) is 5.92 Å². The molecule has 1 aliphatic heterocycles. The van der Waals surface area contributed by atoms with Gasteiger partial charge in [0.25, 0.3) is 5.88 Å². The van der Waals surface area contributed by atoms with E-state index in [0.717, 1.165) is 44.6 Å². The number of piperidine rings is 1. The zero-order valence-electron chi connectivity index (χ0n) is 11.6. The molecule has 3 N–H and O–H groups in total. The summed E-state index contributed by atoms with van der Waals surface area (Å²) in [6.07, 6.45) is 7.30. The first-order valence-corrected chi connectivity index (χ1v) is 7.35. The van der Waals surface area contributed by atoms with Gasteiger partial charge in [0.2, 0.25) is 0 Å². The van der Waals surface area contributed by atoms with Crippen LogP contribution in [0.4, 0.5) is 5.82 Å². The Morgan fingerprint density at radius 1 is 1.25 bits per heavy atom. The van der Waals surface area contributed by atoms with E-state index in [9.17, 15) is 5.11 Å². The average molecular weight is 278 g/mol. The first kappa shape index (κ1) is 13.6. The van der Waals surface area contributed by atoms with Gasteiger partial charge in [0.1, 0.15) is 6.10 Å². The van der Waals surface area contributed by atoms with Gasteiger partial charge in [-0.05, 0) is 31.6 Å². The Bertz CT molecular complexity index is 443. The third kappa shape index (κ3) is 2.86. The number of hydrogen-bond acceptors (Lipinski definition) is 6. The van der Waals surface area contributed by atoms with Crippen molar-refractivity contribution in [3.63, 3.8) is 0 Å². The van der Waals surface area contributed by atoms with Gasteiger partial charge in [0.15, 0.2) is 5.82 Å². The van der Waals surface area contributed by atoms with Crippen LogP contribution in [0.3, 0.4) is 0 Å². The zero-order valence-corrected chi connectivity index (χ0v) is 11.6. The molecule has 1 aliphatic carbocycles. The highest BCUT2D eigenvalue weighted by atomic mass is 16.5. The Kier molecular flexibility index (Phi) is 4.03. The van der Waals surface area contributed by atoms with Crippen LogP contribution < -0.4 is 15.4 Å². The van der Waals surface area contributed by atoms with E-state index < -0.39 is 0 Å². The summed E-state index contributed by atoms with van der Waals surface area (Å²) in [5.74, 6) is 1.85. The van der Waals surface area contributed by atoms with E-state index >= 15 is 0 Å². The van der Waals surface area contributed by atoms with Gasteiger partial charge >= 0.3 is 0 Å². The van der Waals surface area contributed by atoms with Crippen molar-refractivity contribution >= 4 is 5.82 Å². The lowest BCUT2D eigenvalue weighted by Crippen LogP contribution is -2.44. The first-order chi connectivity index (χ1) is 9.76. The monoisotopic (exact) mass is 278 g/mol. The van der Waals surface area contributed by atoms with Crippen molar-refractivity contribution in [2.45, 2.75) is 37.8 Å². The van der Waals surface area contributed by atoms with E-state index in [1.165, 1.54) is 0 Å². The lowest BCUT2D eigenvalue weighted by molar-refractivity contribution is 0.0956. The zero-order chi connectivity index (χ0) is 13.9. The number of rotatable bonds is 4. The number of nitrogens with two attached hydrogens (primary N) is 1. The summed E-state index contributed by atoms with van der Waals surface area (Å²) in [5, 5.41) is 9.20. The summed E-state index contributed by atoms with van der Waals surface area (Å²) in [4.78, 5) is 11.0. The maximum atomic E-state index is 9.20. The highest BCUT2D eigenvalue weighted by Gasteiger charge is 2.30. The molecule has 0 bridgehead atoms. The summed E-state index contributed by atoms with van der Waals surface area (Å²) in [5.41, 5.74) is 5.78. The van der Waals surface area contributed by atoms with Crippen LogP contribution in [0.5, 0.6) is 5.88 Å². The SMILES string of the molecule is N[C@H]1C[C@H](Oc2nccnc2N2CCC(CO)CC2)C1. The average Bonchev–Trinajstić information content (AvgIpc) is 2.46. The number of aliphatic hydroxyl groups excluding tert-OH is 1. The Morgan fingerprint density at radius 2 is 1.95 bits per heavy atom. The predicted molar refractivity (Wildman–Crippen MR) is 75.7 cm³/mol. The maximum absolute atomic E-state index is 9.20. The number of anilines is 1. The Labute approximate surface area is 119 Å². The van der Waals surface area contributed by atoms with E-state index in [0.29, 0.717) is 11.8 Å². The second-order valence-corrected chi connectivity index (χ2v) is 5.77. The molecule has 110 valence electrons. The minimum Gasteiger partial charge on any atom is -0.472 e. The standard InChI is InChI=1S/C14H22N4O2/c15-11-7-12(8-11)20-14-13(16-3-4-17-14)18-5-1-10(9-19)2-6-18/h3-4,10-12,19H,1-2,5-9,15H2/t11-,12-. The molecule has 0 radical (unpaired) electrons. The third-order valence-corrected chi connectivity index (χ3v) is 4.23. The summed E-state index contributed by atoms with van der Waals surface area (Å²) >= 11 is 0. The smallest absolute Gasteiger partial charge is 0.257 e. The van der Waals surface area contributed by atoms with E-state index in [4.69, 9.17) is 10.5 Å². The van der Waals surface area contributed by atoms with Gasteiger partial charge in [-0.3, -0.25) is 0 Å². The molecule has 1 saturated heterocycles. The molecule has 2 aliphatic rings. The maximum Gasteiger partial charge on any atom is 0.257 e. The molecule has 1 aromatic rings. The van der Waals surface area contributed by atoms with Crippen LogP contribution in [0.25, 0.3) is 0 Å². The lowest BCUT2D eigenvalue weighted by Gasteiger charge is -2.35. The van der Waals surface area contributed by atoms with Crippen LogP contribution in [-0.4, -0.2) is 46.9 Å². The van der Waals surface area contributed by atoms with Gasteiger partial charge in [-0.1, -0.05) is 0 Å². The van der Waals surface area contributed by atoms with Crippen molar-refractivity contribution in [3.8, 4) is 5.88 Å². The van der Waals surface area contributed by atoms with Crippen LogP contribution in [0.15, 0.2) is 12.4 Å². The van der Waals surface area contributed by atoms with E-state index in [1.807, 2.05) is 0 Å². The summed E-state index contributed by atoms with van der Waals surface area (Å²) in [6.45, 7) is 2.06. The minimum absolute atomic E-state index is 0.176.